The molecular weight excluding hydrogens is 310 g/mol. The third kappa shape index (κ3) is 3.83. The third-order valence-electron chi connectivity index (χ3n) is 2.80. The van der Waals surface area contributed by atoms with Gasteiger partial charge in [0.25, 0.3) is 5.91 Å². The van der Waals surface area contributed by atoms with E-state index in [1.807, 2.05) is 18.2 Å². The highest BCUT2D eigenvalue weighted by Crippen LogP contribution is 2.32. The van der Waals surface area contributed by atoms with Gasteiger partial charge in [-0.1, -0.05) is 36.1 Å². The number of benzene rings is 1. The van der Waals surface area contributed by atoms with Crippen molar-refractivity contribution < 1.29 is 19.4 Å². The van der Waals surface area contributed by atoms with Crippen LogP contribution in [0, 0.1) is 0 Å². The molecular formula is C14H12NO4S2-. The molecule has 2 rings (SSSR count). The summed E-state index contributed by atoms with van der Waals surface area (Å²) in [5.41, 5.74) is 0.815. The summed E-state index contributed by atoms with van der Waals surface area (Å²) < 4.78 is 5.48. The molecule has 1 aliphatic heterocycles. The van der Waals surface area contributed by atoms with Gasteiger partial charge in [-0.3, -0.25) is 9.69 Å². The van der Waals surface area contributed by atoms with Gasteiger partial charge in [-0.15, -0.1) is 0 Å². The summed E-state index contributed by atoms with van der Waals surface area (Å²) in [6.45, 7) is 0.0302. The number of hydrogen-bond donors (Lipinski definition) is 0. The van der Waals surface area contributed by atoms with Crippen LogP contribution in [0.1, 0.15) is 12.0 Å². The maximum atomic E-state index is 12.2. The lowest BCUT2D eigenvalue weighted by atomic mass is 10.2. The van der Waals surface area contributed by atoms with Gasteiger partial charge in [0.05, 0.1) is 12.0 Å². The Morgan fingerprint density at radius 2 is 2.29 bits per heavy atom. The largest absolute Gasteiger partial charge is 0.550 e. The summed E-state index contributed by atoms with van der Waals surface area (Å²) in [6, 6.07) is 7.27. The summed E-state index contributed by atoms with van der Waals surface area (Å²) >= 11 is 6.26. The molecule has 21 heavy (non-hydrogen) atoms. The molecule has 1 aromatic rings. The van der Waals surface area contributed by atoms with E-state index in [0.29, 0.717) is 15.0 Å². The normalized spacial score (nSPS) is 16.6. The van der Waals surface area contributed by atoms with Crippen LogP contribution in [0.5, 0.6) is 5.75 Å². The molecule has 1 amide bonds. The zero-order valence-electron chi connectivity index (χ0n) is 11.2. The van der Waals surface area contributed by atoms with E-state index in [1.54, 1.807) is 19.3 Å². The van der Waals surface area contributed by atoms with E-state index in [-0.39, 0.29) is 18.9 Å². The highest BCUT2D eigenvalue weighted by molar-refractivity contribution is 8.26. The number of amides is 1. The van der Waals surface area contributed by atoms with Gasteiger partial charge in [0.2, 0.25) is 0 Å². The summed E-state index contributed by atoms with van der Waals surface area (Å²) in [5.74, 6) is -0.800. The Morgan fingerprint density at radius 3 is 2.95 bits per heavy atom. The van der Waals surface area contributed by atoms with Crippen molar-refractivity contribution >= 4 is 46.3 Å². The lowest BCUT2D eigenvalue weighted by Crippen LogP contribution is -2.33. The molecule has 0 spiro atoms. The Labute approximate surface area is 131 Å². The lowest BCUT2D eigenvalue weighted by molar-refractivity contribution is -0.305. The monoisotopic (exact) mass is 322 g/mol. The van der Waals surface area contributed by atoms with Crippen LogP contribution in [0.2, 0.25) is 0 Å². The van der Waals surface area contributed by atoms with E-state index in [9.17, 15) is 14.7 Å². The van der Waals surface area contributed by atoms with E-state index >= 15 is 0 Å². The first-order valence-electron chi connectivity index (χ1n) is 6.10. The smallest absolute Gasteiger partial charge is 0.266 e. The maximum Gasteiger partial charge on any atom is 0.266 e. The van der Waals surface area contributed by atoms with E-state index < -0.39 is 5.97 Å². The van der Waals surface area contributed by atoms with Gasteiger partial charge in [0, 0.05) is 18.9 Å². The number of nitrogens with zero attached hydrogens (tertiary/aromatic N) is 1. The molecule has 0 aromatic heterocycles. The fourth-order valence-corrected chi connectivity index (χ4v) is 3.09. The molecule has 1 aliphatic rings. The predicted octanol–water partition coefficient (Wildman–Crippen LogP) is 1.04. The van der Waals surface area contributed by atoms with Gasteiger partial charge in [0.1, 0.15) is 10.1 Å². The third-order valence-corrected chi connectivity index (χ3v) is 4.18. The van der Waals surface area contributed by atoms with Crippen molar-refractivity contribution in [1.82, 2.24) is 4.90 Å². The molecule has 0 radical (unpaired) electrons. The molecule has 1 saturated heterocycles. The second kappa shape index (κ2) is 6.73. The van der Waals surface area contributed by atoms with Crippen LogP contribution in [-0.4, -0.2) is 34.8 Å². The number of carbonyl (C=O) groups is 2. The minimum absolute atomic E-state index is 0.0302. The van der Waals surface area contributed by atoms with Crippen LogP contribution in [0.25, 0.3) is 6.08 Å². The van der Waals surface area contributed by atoms with Crippen LogP contribution in [0.4, 0.5) is 0 Å². The molecule has 1 heterocycles. The standard InChI is InChI=1S/C14H13NO4S2/c1-19-10-4-2-3-9(7-10)8-11-13(18)15(14(20)21-11)6-5-12(16)17/h2-4,7-8H,5-6H2,1H3,(H,16,17)/p-1/b11-8+. The van der Waals surface area contributed by atoms with Crippen LogP contribution in [0.3, 0.4) is 0 Å². The topological polar surface area (TPSA) is 69.7 Å². The van der Waals surface area contributed by atoms with Crippen molar-refractivity contribution in [2.45, 2.75) is 6.42 Å². The second-order valence-electron chi connectivity index (χ2n) is 4.23. The number of rotatable bonds is 5. The average Bonchev–Trinajstić information content (AvgIpc) is 2.71. The number of thiocarbonyl (C=S) groups is 1. The fraction of sp³-hybridized carbons (Fsp3) is 0.214. The Morgan fingerprint density at radius 1 is 1.52 bits per heavy atom. The Bertz CT molecular complexity index is 627. The van der Waals surface area contributed by atoms with Crippen LogP contribution in [0.15, 0.2) is 29.2 Å². The van der Waals surface area contributed by atoms with Crippen LogP contribution in [-0.2, 0) is 9.59 Å². The number of carboxylic acids is 1. The zero-order chi connectivity index (χ0) is 15.4. The van der Waals surface area contributed by atoms with E-state index in [0.717, 1.165) is 17.3 Å². The van der Waals surface area contributed by atoms with Gasteiger partial charge >= 0.3 is 0 Å². The molecule has 5 nitrogen and oxygen atoms in total. The number of thioether (sulfide) groups is 1. The summed E-state index contributed by atoms with van der Waals surface area (Å²) in [6.07, 6.45) is 1.47. The number of carboxylic acid groups (broad SMARTS) is 1. The molecule has 0 saturated carbocycles. The van der Waals surface area contributed by atoms with Gasteiger partial charge in [0.15, 0.2) is 0 Å². The first-order chi connectivity index (χ1) is 10.0. The van der Waals surface area contributed by atoms with E-state index in [1.165, 1.54) is 4.90 Å². The van der Waals surface area contributed by atoms with Crippen molar-refractivity contribution in [1.29, 1.82) is 0 Å². The Kier molecular flexibility index (Phi) is 4.98. The lowest BCUT2D eigenvalue weighted by Gasteiger charge is -2.14. The molecule has 110 valence electrons. The van der Waals surface area contributed by atoms with Crippen molar-refractivity contribution in [2.75, 3.05) is 13.7 Å². The Balaban J connectivity index is 2.17. The van der Waals surface area contributed by atoms with Crippen molar-refractivity contribution in [3.05, 3.63) is 34.7 Å². The number of hydrogen-bond acceptors (Lipinski definition) is 6. The number of carbonyl (C=O) groups excluding carboxylic acids is 2. The summed E-state index contributed by atoms with van der Waals surface area (Å²) in [7, 11) is 1.57. The van der Waals surface area contributed by atoms with Crippen molar-refractivity contribution in [2.24, 2.45) is 0 Å². The molecule has 0 unspecified atom stereocenters. The molecule has 1 fully saturated rings. The quantitative estimate of drug-likeness (QED) is 0.596. The molecule has 0 aliphatic carbocycles. The highest BCUT2D eigenvalue weighted by atomic mass is 32.2. The van der Waals surface area contributed by atoms with Crippen LogP contribution >= 0.6 is 24.0 Å². The fourth-order valence-electron chi connectivity index (χ4n) is 1.78. The molecule has 0 atom stereocenters. The second-order valence-corrected chi connectivity index (χ2v) is 5.91. The zero-order valence-corrected chi connectivity index (χ0v) is 12.8. The molecule has 7 heteroatoms. The SMILES string of the molecule is COc1cccc(/C=C2/SC(=S)N(CCC(=O)[O-])C2=O)c1. The first kappa shape index (κ1) is 15.5. The van der Waals surface area contributed by atoms with E-state index in [4.69, 9.17) is 17.0 Å². The number of ether oxygens (including phenoxy) is 1. The van der Waals surface area contributed by atoms with Crippen molar-refractivity contribution in [3.63, 3.8) is 0 Å². The van der Waals surface area contributed by atoms with Gasteiger partial charge in [-0.05, 0) is 23.8 Å². The maximum absolute atomic E-state index is 12.2. The number of aliphatic carboxylic acids is 1. The Hall–Kier alpha value is -1.86. The first-order valence-corrected chi connectivity index (χ1v) is 7.33. The predicted molar refractivity (Wildman–Crippen MR) is 82.5 cm³/mol. The molecule has 0 bridgehead atoms. The average molecular weight is 322 g/mol. The van der Waals surface area contributed by atoms with Crippen LogP contribution < -0.4 is 9.84 Å². The van der Waals surface area contributed by atoms with Gasteiger partial charge in [-0.25, -0.2) is 0 Å². The minimum Gasteiger partial charge on any atom is -0.550 e. The molecule has 1 aromatic carbocycles. The minimum atomic E-state index is -1.21. The summed E-state index contributed by atoms with van der Waals surface area (Å²) in [5, 5.41) is 10.5. The molecule has 0 N–H and O–H groups in total. The highest BCUT2D eigenvalue weighted by Gasteiger charge is 2.31. The summed E-state index contributed by atoms with van der Waals surface area (Å²) in [4.78, 5) is 24.4. The van der Waals surface area contributed by atoms with E-state index in [2.05, 4.69) is 0 Å². The number of methoxy groups -OCH3 is 1. The van der Waals surface area contributed by atoms with Gasteiger partial charge in [-0.2, -0.15) is 0 Å². The van der Waals surface area contributed by atoms with Crippen molar-refractivity contribution in [3.8, 4) is 5.75 Å². The van der Waals surface area contributed by atoms with Gasteiger partial charge < -0.3 is 14.6 Å².